The average molecular weight is 283 g/mol. The maximum Gasteiger partial charge on any atom is 0.255 e. The minimum Gasteiger partial charge on any atom is -0.382 e. The van der Waals surface area contributed by atoms with Crippen molar-refractivity contribution in [1.29, 1.82) is 0 Å². The quantitative estimate of drug-likeness (QED) is 0.748. The van der Waals surface area contributed by atoms with E-state index in [-0.39, 0.29) is 5.82 Å². The number of hydrogen-bond donors (Lipinski definition) is 3. The summed E-state index contributed by atoms with van der Waals surface area (Å²) in [5, 5.41) is 3.93. The number of nitrogens with zero attached hydrogens (tertiary/aromatic N) is 2. The molecular formula is C12H21N5OS. The van der Waals surface area contributed by atoms with Crippen LogP contribution in [0.15, 0.2) is 0 Å². The van der Waals surface area contributed by atoms with Crippen LogP contribution in [0.3, 0.4) is 0 Å². The maximum absolute atomic E-state index is 11.3. The van der Waals surface area contributed by atoms with Gasteiger partial charge >= 0.3 is 0 Å². The van der Waals surface area contributed by atoms with Crippen molar-refractivity contribution in [3.8, 4) is 0 Å². The van der Waals surface area contributed by atoms with Gasteiger partial charge in [0.25, 0.3) is 5.91 Å². The van der Waals surface area contributed by atoms with Crippen LogP contribution < -0.4 is 16.8 Å². The minimum absolute atomic E-state index is 0.222. The van der Waals surface area contributed by atoms with E-state index in [1.54, 1.807) is 0 Å². The third kappa shape index (κ3) is 3.57. The van der Waals surface area contributed by atoms with E-state index < -0.39 is 5.91 Å². The summed E-state index contributed by atoms with van der Waals surface area (Å²) in [7, 11) is 2.16. The summed E-state index contributed by atoms with van der Waals surface area (Å²) in [6.45, 7) is 3.17. The average Bonchev–Trinajstić information content (AvgIpc) is 2.73. The summed E-state index contributed by atoms with van der Waals surface area (Å²) < 4.78 is 3.96. The number of piperidine rings is 1. The first-order valence-electron chi connectivity index (χ1n) is 6.55. The van der Waals surface area contributed by atoms with Crippen LogP contribution in [0.5, 0.6) is 0 Å². The van der Waals surface area contributed by atoms with Crippen molar-refractivity contribution < 1.29 is 4.79 Å². The van der Waals surface area contributed by atoms with Gasteiger partial charge in [-0.05, 0) is 56.9 Å². The second-order valence-electron chi connectivity index (χ2n) is 5.10. The molecule has 106 valence electrons. The van der Waals surface area contributed by atoms with Gasteiger partial charge in [-0.25, -0.2) is 0 Å². The standard InChI is InChI=1S/C12H21N5OS/c1-17-6-3-8(4-7-17)2-5-15-12-9(11(14)18)10(13)16-19-12/h8,15H,2-7H2,1H3,(H2,13,16)(H2,14,18). The molecule has 19 heavy (non-hydrogen) atoms. The largest absolute Gasteiger partial charge is 0.382 e. The lowest BCUT2D eigenvalue weighted by atomic mass is 9.94. The lowest BCUT2D eigenvalue weighted by Gasteiger charge is -2.28. The number of carbonyl (C=O) groups is 1. The number of carbonyl (C=O) groups excluding carboxylic acids is 1. The molecule has 0 unspecified atom stereocenters. The Morgan fingerprint density at radius 3 is 2.84 bits per heavy atom. The second-order valence-corrected chi connectivity index (χ2v) is 5.87. The third-order valence-corrected chi connectivity index (χ3v) is 4.46. The number of likely N-dealkylation sites (tertiary alicyclic amines) is 1. The van der Waals surface area contributed by atoms with E-state index in [0.29, 0.717) is 10.6 Å². The lowest BCUT2D eigenvalue weighted by Crippen LogP contribution is -2.30. The van der Waals surface area contributed by atoms with Crippen LogP contribution in [0.1, 0.15) is 29.6 Å². The molecule has 1 aromatic heterocycles. The Kier molecular flexibility index (Phi) is 4.60. The minimum atomic E-state index is -0.520. The Morgan fingerprint density at radius 1 is 1.53 bits per heavy atom. The summed E-state index contributed by atoms with van der Waals surface area (Å²) in [5.41, 5.74) is 11.2. The number of nitrogens with two attached hydrogens (primary N) is 2. The smallest absolute Gasteiger partial charge is 0.255 e. The molecule has 2 rings (SSSR count). The Balaban J connectivity index is 1.81. The fraction of sp³-hybridized carbons (Fsp3) is 0.667. The SMILES string of the molecule is CN1CCC(CCNc2snc(N)c2C(N)=O)CC1. The molecule has 6 nitrogen and oxygen atoms in total. The van der Waals surface area contributed by atoms with E-state index in [0.717, 1.165) is 18.9 Å². The molecule has 1 aliphatic heterocycles. The number of aromatic nitrogens is 1. The highest BCUT2D eigenvalue weighted by Gasteiger charge is 2.18. The molecule has 0 atom stereocenters. The number of amides is 1. The van der Waals surface area contributed by atoms with Crippen LogP contribution in [0, 0.1) is 5.92 Å². The predicted octanol–water partition coefficient (Wildman–Crippen LogP) is 0.968. The van der Waals surface area contributed by atoms with Gasteiger partial charge in [0.05, 0.1) is 0 Å². The topological polar surface area (TPSA) is 97.3 Å². The van der Waals surface area contributed by atoms with Gasteiger partial charge in [-0.3, -0.25) is 4.79 Å². The van der Waals surface area contributed by atoms with Crippen LogP contribution in [-0.4, -0.2) is 41.9 Å². The fourth-order valence-corrected chi connectivity index (χ4v) is 3.15. The van der Waals surface area contributed by atoms with Crippen LogP contribution >= 0.6 is 11.5 Å². The van der Waals surface area contributed by atoms with Crippen LogP contribution in [-0.2, 0) is 0 Å². The monoisotopic (exact) mass is 283 g/mol. The van der Waals surface area contributed by atoms with Crippen molar-refractivity contribution in [3.05, 3.63) is 5.56 Å². The van der Waals surface area contributed by atoms with Gasteiger partial charge in [-0.1, -0.05) is 0 Å². The molecule has 2 heterocycles. The molecule has 1 aromatic rings. The normalized spacial score (nSPS) is 17.5. The second kappa shape index (κ2) is 6.21. The maximum atomic E-state index is 11.3. The molecule has 0 spiro atoms. The molecule has 0 bridgehead atoms. The molecule has 1 saturated heterocycles. The number of rotatable bonds is 5. The summed E-state index contributed by atoms with van der Waals surface area (Å²) in [6, 6.07) is 0. The Labute approximate surface area is 117 Å². The molecule has 0 saturated carbocycles. The van der Waals surface area contributed by atoms with Gasteiger partial charge in [0.1, 0.15) is 10.6 Å². The van der Waals surface area contributed by atoms with Gasteiger partial charge in [0.15, 0.2) is 5.82 Å². The van der Waals surface area contributed by atoms with Crippen LogP contribution in [0.25, 0.3) is 0 Å². The molecule has 0 aliphatic carbocycles. The fourth-order valence-electron chi connectivity index (χ4n) is 2.40. The number of nitrogen functional groups attached to an aromatic ring is 1. The molecule has 1 fully saturated rings. The molecule has 1 amide bonds. The van der Waals surface area contributed by atoms with Crippen molar-refractivity contribution in [3.63, 3.8) is 0 Å². The van der Waals surface area contributed by atoms with Crippen molar-refractivity contribution in [2.24, 2.45) is 11.7 Å². The van der Waals surface area contributed by atoms with Crippen molar-refractivity contribution in [2.75, 3.05) is 37.7 Å². The molecule has 7 heteroatoms. The zero-order chi connectivity index (χ0) is 13.8. The van der Waals surface area contributed by atoms with E-state index in [1.807, 2.05) is 0 Å². The summed E-state index contributed by atoms with van der Waals surface area (Å²) in [5.74, 6) is 0.457. The third-order valence-electron chi connectivity index (χ3n) is 3.64. The highest BCUT2D eigenvalue weighted by molar-refractivity contribution is 7.11. The zero-order valence-electron chi connectivity index (χ0n) is 11.2. The van der Waals surface area contributed by atoms with Crippen molar-refractivity contribution in [1.82, 2.24) is 9.27 Å². The van der Waals surface area contributed by atoms with Gasteiger partial charge in [-0.2, -0.15) is 4.37 Å². The zero-order valence-corrected chi connectivity index (χ0v) is 12.0. The molecule has 0 aromatic carbocycles. The van der Waals surface area contributed by atoms with Crippen molar-refractivity contribution in [2.45, 2.75) is 19.3 Å². The summed E-state index contributed by atoms with van der Waals surface area (Å²) in [6.07, 6.45) is 3.58. The Hall–Kier alpha value is -1.34. The Morgan fingerprint density at radius 2 is 2.21 bits per heavy atom. The molecule has 1 aliphatic rings. The predicted molar refractivity (Wildman–Crippen MR) is 78.4 cm³/mol. The van der Waals surface area contributed by atoms with Crippen LogP contribution in [0.4, 0.5) is 10.8 Å². The highest BCUT2D eigenvalue weighted by Crippen LogP contribution is 2.27. The van der Waals surface area contributed by atoms with Gasteiger partial charge < -0.3 is 21.7 Å². The number of hydrogen-bond acceptors (Lipinski definition) is 6. The first kappa shape index (κ1) is 14.1. The van der Waals surface area contributed by atoms with Gasteiger partial charge in [-0.15, -0.1) is 0 Å². The first-order valence-corrected chi connectivity index (χ1v) is 7.32. The number of nitrogens with one attached hydrogen (secondary N) is 1. The molecular weight excluding hydrogens is 262 g/mol. The summed E-state index contributed by atoms with van der Waals surface area (Å²) >= 11 is 1.20. The van der Waals surface area contributed by atoms with Crippen LogP contribution in [0.2, 0.25) is 0 Å². The Bertz CT molecular complexity index is 439. The van der Waals surface area contributed by atoms with Gasteiger partial charge in [0, 0.05) is 6.54 Å². The lowest BCUT2D eigenvalue weighted by molar-refractivity contribution is 0.100. The first-order chi connectivity index (χ1) is 9.08. The highest BCUT2D eigenvalue weighted by atomic mass is 32.1. The summed E-state index contributed by atoms with van der Waals surface area (Å²) in [4.78, 5) is 13.6. The van der Waals surface area contributed by atoms with Gasteiger partial charge in [0.2, 0.25) is 0 Å². The van der Waals surface area contributed by atoms with E-state index in [9.17, 15) is 4.79 Å². The van der Waals surface area contributed by atoms with E-state index in [2.05, 4.69) is 21.6 Å². The number of anilines is 2. The van der Waals surface area contributed by atoms with E-state index >= 15 is 0 Å². The van der Waals surface area contributed by atoms with E-state index in [1.165, 1.54) is 37.5 Å². The molecule has 5 N–H and O–H groups in total. The van der Waals surface area contributed by atoms with Crippen molar-refractivity contribution >= 4 is 28.3 Å². The number of primary amides is 1. The van der Waals surface area contributed by atoms with E-state index in [4.69, 9.17) is 11.5 Å². The molecule has 0 radical (unpaired) electrons.